The van der Waals surface area contributed by atoms with Gasteiger partial charge in [-0.1, -0.05) is 24.3 Å². The van der Waals surface area contributed by atoms with Gasteiger partial charge in [-0.2, -0.15) is 0 Å². The van der Waals surface area contributed by atoms with Crippen LogP contribution in [0.3, 0.4) is 0 Å². The zero-order valence-corrected chi connectivity index (χ0v) is 13.2. The molecule has 4 rings (SSSR count). The Morgan fingerprint density at radius 2 is 1.35 bits per heavy atom. The number of aromatic nitrogens is 4. The third-order valence-electron chi connectivity index (χ3n) is 3.05. The highest BCUT2D eigenvalue weighted by atomic mass is 14.9. The van der Waals surface area contributed by atoms with Crippen LogP contribution in [0.1, 0.15) is 0 Å². The lowest BCUT2D eigenvalue weighted by Gasteiger charge is -1.85. The Morgan fingerprint density at radius 3 is 1.70 bits per heavy atom. The average molecular weight is 310 g/mol. The highest BCUT2D eigenvalue weighted by Crippen LogP contribution is 2.06. The smallest absolute Gasteiger partial charge is 0.0931 e. The Balaban J connectivity index is 0.000000132. The minimum atomic E-state index is 0.733. The number of hydrogen-bond donors (Lipinski definition) is 4. The molecule has 0 aliphatic carbocycles. The molecule has 4 aromatic rings. The zero-order chi connectivity index (χ0) is 16.3. The Morgan fingerprint density at radius 1 is 0.870 bits per heavy atom. The van der Waals surface area contributed by atoms with E-state index in [0.717, 1.165) is 35.2 Å². The molecule has 6 heteroatoms. The molecule has 0 aliphatic rings. The van der Waals surface area contributed by atoms with E-state index in [-0.39, 0.29) is 0 Å². The molecule has 6 nitrogen and oxygen atoms in total. The van der Waals surface area contributed by atoms with Crippen LogP contribution in [0.25, 0.3) is 22.1 Å². The van der Waals surface area contributed by atoms with Crippen LogP contribution in [0, 0.1) is 0 Å². The van der Waals surface area contributed by atoms with Crippen LogP contribution in [-0.2, 0) is 0 Å². The molecule has 2 aromatic carbocycles. The first-order valence-electron chi connectivity index (χ1n) is 7.46. The van der Waals surface area contributed by atoms with Crippen LogP contribution in [0.2, 0.25) is 0 Å². The van der Waals surface area contributed by atoms with Gasteiger partial charge in [0.2, 0.25) is 0 Å². The summed E-state index contributed by atoms with van der Waals surface area (Å²) in [5, 5.41) is 2.89. The monoisotopic (exact) mass is 310 g/mol. The minimum Gasteiger partial charge on any atom is -0.345 e. The van der Waals surface area contributed by atoms with Crippen molar-refractivity contribution >= 4 is 22.1 Å². The molecule has 2 aromatic heterocycles. The van der Waals surface area contributed by atoms with Crippen molar-refractivity contribution in [3.8, 4) is 0 Å². The first kappa shape index (κ1) is 16.7. The molecule has 0 atom stereocenters. The first-order chi connectivity index (χ1) is 11.3. The van der Waals surface area contributed by atoms with Gasteiger partial charge in [0.05, 0.1) is 34.7 Å². The molecule has 0 saturated heterocycles. The van der Waals surface area contributed by atoms with E-state index in [2.05, 4.69) is 25.3 Å². The molecule has 0 unspecified atom stereocenters. The number of benzene rings is 2. The van der Waals surface area contributed by atoms with Crippen molar-refractivity contribution in [2.75, 3.05) is 20.1 Å². The molecule has 120 valence electrons. The van der Waals surface area contributed by atoms with E-state index in [1.807, 2.05) is 55.6 Å². The fourth-order valence-corrected chi connectivity index (χ4v) is 1.90. The summed E-state index contributed by atoms with van der Waals surface area (Å²) in [7, 11) is 1.88. The Labute approximate surface area is 135 Å². The molecule has 0 saturated carbocycles. The van der Waals surface area contributed by atoms with Crippen LogP contribution in [0.5, 0.6) is 0 Å². The largest absolute Gasteiger partial charge is 0.345 e. The summed E-state index contributed by atoms with van der Waals surface area (Å²) in [4.78, 5) is 14.1. The van der Waals surface area contributed by atoms with Crippen LogP contribution < -0.4 is 11.1 Å². The summed E-state index contributed by atoms with van der Waals surface area (Å²) < 4.78 is 0. The van der Waals surface area contributed by atoms with Gasteiger partial charge in [0, 0.05) is 13.1 Å². The van der Waals surface area contributed by atoms with Crippen LogP contribution >= 0.6 is 0 Å². The lowest BCUT2D eigenvalue weighted by Crippen LogP contribution is -2.17. The van der Waals surface area contributed by atoms with Gasteiger partial charge in [-0.15, -0.1) is 0 Å². The number of fused-ring (bicyclic) bond motifs is 2. The normalized spacial score (nSPS) is 9.83. The Bertz CT molecular complexity index is 676. The number of para-hydroxylation sites is 4. The summed E-state index contributed by atoms with van der Waals surface area (Å²) in [6, 6.07) is 15.9. The van der Waals surface area contributed by atoms with Crippen molar-refractivity contribution in [3.63, 3.8) is 0 Å². The second-order valence-electron chi connectivity index (χ2n) is 4.73. The van der Waals surface area contributed by atoms with Crippen molar-refractivity contribution in [2.45, 2.75) is 0 Å². The molecule has 0 fully saturated rings. The average Bonchev–Trinajstić information content (AvgIpc) is 3.26. The fourth-order valence-electron chi connectivity index (χ4n) is 1.90. The lowest BCUT2D eigenvalue weighted by molar-refractivity contribution is 0.802. The Hall–Kier alpha value is -2.70. The van der Waals surface area contributed by atoms with Crippen LogP contribution in [-0.4, -0.2) is 40.1 Å². The maximum absolute atomic E-state index is 5.08. The van der Waals surface area contributed by atoms with Crippen molar-refractivity contribution in [2.24, 2.45) is 5.73 Å². The second kappa shape index (κ2) is 9.34. The molecule has 0 bridgehead atoms. The number of nitrogens with zero attached hydrogens (tertiary/aromatic N) is 2. The standard InChI is InChI=1S/2C7H6N2.C3H10N2/c2*1-2-4-7-6(3-1)8-5-9-7;1-5-3-2-4/h2*1-5H,(H,8,9);5H,2-4H2,1H3. The van der Waals surface area contributed by atoms with E-state index in [4.69, 9.17) is 5.73 Å². The van der Waals surface area contributed by atoms with E-state index >= 15 is 0 Å². The predicted molar refractivity (Wildman–Crippen MR) is 95.2 cm³/mol. The summed E-state index contributed by atoms with van der Waals surface area (Å²) in [5.41, 5.74) is 9.32. The predicted octanol–water partition coefficient (Wildman–Crippen LogP) is 2.29. The third kappa shape index (κ3) is 5.21. The summed E-state index contributed by atoms with van der Waals surface area (Å²) >= 11 is 0. The number of nitrogens with one attached hydrogen (secondary N) is 3. The zero-order valence-electron chi connectivity index (χ0n) is 13.2. The molecule has 23 heavy (non-hydrogen) atoms. The summed E-state index contributed by atoms with van der Waals surface area (Å²) in [5.74, 6) is 0. The van der Waals surface area contributed by atoms with Gasteiger partial charge in [-0.25, -0.2) is 9.97 Å². The first-order valence-corrected chi connectivity index (χ1v) is 7.46. The van der Waals surface area contributed by atoms with Crippen molar-refractivity contribution in [3.05, 3.63) is 61.2 Å². The molecule has 0 radical (unpaired) electrons. The number of aromatic amines is 2. The molecule has 0 aliphatic heterocycles. The molecule has 2 heterocycles. The van der Waals surface area contributed by atoms with E-state index < -0.39 is 0 Å². The number of hydrogen-bond acceptors (Lipinski definition) is 4. The van der Waals surface area contributed by atoms with Gasteiger partial charge in [0.25, 0.3) is 0 Å². The molecular formula is C17H22N6. The minimum absolute atomic E-state index is 0.733. The summed E-state index contributed by atoms with van der Waals surface area (Å²) in [6.07, 6.45) is 3.40. The third-order valence-corrected chi connectivity index (χ3v) is 3.05. The van der Waals surface area contributed by atoms with Gasteiger partial charge in [-0.3, -0.25) is 0 Å². The summed E-state index contributed by atoms with van der Waals surface area (Å²) in [6.45, 7) is 1.65. The fraction of sp³-hybridized carbons (Fsp3) is 0.176. The van der Waals surface area contributed by atoms with Crippen molar-refractivity contribution in [1.29, 1.82) is 0 Å². The highest BCUT2D eigenvalue weighted by Gasteiger charge is 1.89. The van der Waals surface area contributed by atoms with Crippen molar-refractivity contribution in [1.82, 2.24) is 25.3 Å². The number of H-pyrrole nitrogens is 2. The van der Waals surface area contributed by atoms with Gasteiger partial charge >= 0.3 is 0 Å². The van der Waals surface area contributed by atoms with Crippen LogP contribution in [0.15, 0.2) is 61.2 Å². The van der Waals surface area contributed by atoms with E-state index in [1.54, 1.807) is 12.7 Å². The van der Waals surface area contributed by atoms with Gasteiger partial charge in [0.1, 0.15) is 0 Å². The van der Waals surface area contributed by atoms with Gasteiger partial charge in [0.15, 0.2) is 0 Å². The molecule has 5 N–H and O–H groups in total. The van der Waals surface area contributed by atoms with Crippen LogP contribution in [0.4, 0.5) is 0 Å². The highest BCUT2D eigenvalue weighted by molar-refractivity contribution is 5.74. The quantitative estimate of drug-likeness (QED) is 0.457. The lowest BCUT2D eigenvalue weighted by atomic mass is 10.3. The van der Waals surface area contributed by atoms with Crippen molar-refractivity contribution < 1.29 is 0 Å². The molecular weight excluding hydrogens is 288 g/mol. The number of likely N-dealkylation sites (N-methyl/N-ethyl adjacent to an activating group) is 1. The number of rotatable bonds is 2. The number of imidazole rings is 2. The van der Waals surface area contributed by atoms with E-state index in [0.29, 0.717) is 0 Å². The Kier molecular flexibility index (Phi) is 6.77. The van der Waals surface area contributed by atoms with Gasteiger partial charge in [-0.05, 0) is 31.3 Å². The van der Waals surface area contributed by atoms with E-state index in [9.17, 15) is 0 Å². The topological polar surface area (TPSA) is 95.4 Å². The second-order valence-corrected chi connectivity index (χ2v) is 4.73. The molecule has 0 spiro atoms. The molecule has 0 amide bonds. The van der Waals surface area contributed by atoms with E-state index in [1.165, 1.54) is 0 Å². The number of nitrogens with two attached hydrogens (primary N) is 1. The maximum atomic E-state index is 5.08. The maximum Gasteiger partial charge on any atom is 0.0931 e. The van der Waals surface area contributed by atoms with Gasteiger partial charge < -0.3 is 21.0 Å². The SMILES string of the molecule is CNCCN.c1ccc2[nH]cnc2c1.c1ccc2[nH]cnc2c1.